The molecule has 0 atom stereocenters. The monoisotopic (exact) mass is 267 g/mol. The molecule has 3 rings (SSSR count). The van der Waals surface area contributed by atoms with Crippen LogP contribution in [0.3, 0.4) is 0 Å². The first-order valence-electron chi connectivity index (χ1n) is 6.42. The second-order valence-corrected chi connectivity index (χ2v) is 4.72. The van der Waals surface area contributed by atoms with Crippen LogP contribution in [-0.4, -0.2) is 9.97 Å². The van der Waals surface area contributed by atoms with Crippen molar-refractivity contribution in [2.75, 3.05) is 5.32 Å². The first-order valence-corrected chi connectivity index (χ1v) is 6.42. The van der Waals surface area contributed by atoms with Crippen molar-refractivity contribution in [1.29, 1.82) is 0 Å². The van der Waals surface area contributed by atoms with Crippen molar-refractivity contribution in [3.63, 3.8) is 0 Å². The summed E-state index contributed by atoms with van der Waals surface area (Å²) < 4.78 is 13.3. The maximum absolute atomic E-state index is 13.3. The minimum atomic E-state index is -0.239. The molecule has 0 spiro atoms. The van der Waals surface area contributed by atoms with Gasteiger partial charge in [-0.15, -0.1) is 0 Å². The highest BCUT2D eigenvalue weighted by molar-refractivity contribution is 5.73. The lowest BCUT2D eigenvalue weighted by molar-refractivity contribution is 0.627. The summed E-state index contributed by atoms with van der Waals surface area (Å²) in [5.74, 6) is -0.239. The lowest BCUT2D eigenvalue weighted by Gasteiger charge is -2.07. The zero-order valence-electron chi connectivity index (χ0n) is 11.1. The number of nitrogens with zero attached hydrogens (tertiary/aromatic N) is 2. The number of nitrogens with one attached hydrogen (secondary N) is 1. The molecule has 0 saturated carbocycles. The Morgan fingerprint density at radius 2 is 1.90 bits per heavy atom. The third-order valence-electron chi connectivity index (χ3n) is 3.01. The van der Waals surface area contributed by atoms with Gasteiger partial charge < -0.3 is 5.32 Å². The van der Waals surface area contributed by atoms with Crippen LogP contribution in [0.15, 0.2) is 48.7 Å². The number of hydrogen-bond acceptors (Lipinski definition) is 3. The van der Waals surface area contributed by atoms with E-state index in [1.54, 1.807) is 6.20 Å². The summed E-state index contributed by atoms with van der Waals surface area (Å²) in [6.45, 7) is 2.38. The van der Waals surface area contributed by atoms with Gasteiger partial charge in [-0.25, -0.2) is 9.37 Å². The third kappa shape index (κ3) is 2.74. The second-order valence-electron chi connectivity index (χ2n) is 4.72. The van der Waals surface area contributed by atoms with Crippen molar-refractivity contribution in [3.05, 3.63) is 65.7 Å². The first kappa shape index (κ1) is 12.5. The molecule has 1 heterocycles. The number of hydrogen-bond donors (Lipinski definition) is 1. The Hall–Kier alpha value is -2.49. The number of aromatic nitrogens is 2. The van der Waals surface area contributed by atoms with Crippen LogP contribution in [0.25, 0.3) is 11.0 Å². The Kier molecular flexibility index (Phi) is 3.29. The van der Waals surface area contributed by atoms with E-state index < -0.39 is 0 Å². The fourth-order valence-corrected chi connectivity index (χ4v) is 2.11. The smallest absolute Gasteiger partial charge is 0.125 e. The Bertz CT molecular complexity index is 735. The Morgan fingerprint density at radius 3 is 2.70 bits per heavy atom. The molecule has 3 nitrogen and oxygen atoms in total. The lowest BCUT2D eigenvalue weighted by Crippen LogP contribution is -2.03. The van der Waals surface area contributed by atoms with E-state index in [0.717, 1.165) is 28.0 Å². The average Bonchev–Trinajstić information content (AvgIpc) is 2.44. The minimum Gasteiger partial charge on any atom is -0.379 e. The van der Waals surface area contributed by atoms with E-state index in [4.69, 9.17) is 0 Å². The molecular formula is C16H14FN3. The molecule has 0 aliphatic rings. The van der Waals surface area contributed by atoms with E-state index in [0.29, 0.717) is 6.54 Å². The van der Waals surface area contributed by atoms with Gasteiger partial charge in [-0.1, -0.05) is 12.1 Å². The molecule has 100 valence electrons. The summed E-state index contributed by atoms with van der Waals surface area (Å²) in [6, 6.07) is 12.6. The van der Waals surface area contributed by atoms with Crippen LogP contribution >= 0.6 is 0 Å². The Morgan fingerprint density at radius 1 is 1.10 bits per heavy atom. The zero-order chi connectivity index (χ0) is 13.9. The molecule has 20 heavy (non-hydrogen) atoms. The zero-order valence-corrected chi connectivity index (χ0v) is 11.1. The van der Waals surface area contributed by atoms with Crippen molar-refractivity contribution < 1.29 is 4.39 Å². The number of rotatable bonds is 3. The summed E-state index contributed by atoms with van der Waals surface area (Å²) in [4.78, 5) is 8.87. The molecule has 0 aliphatic carbocycles. The van der Waals surface area contributed by atoms with Gasteiger partial charge in [-0.2, -0.15) is 0 Å². The molecule has 0 unspecified atom stereocenters. The van der Waals surface area contributed by atoms with Crippen molar-refractivity contribution in [1.82, 2.24) is 9.97 Å². The molecule has 0 radical (unpaired) electrons. The summed E-state index contributed by atoms with van der Waals surface area (Å²) in [5, 5.41) is 3.16. The van der Waals surface area contributed by atoms with Gasteiger partial charge in [0.2, 0.25) is 0 Å². The second kappa shape index (κ2) is 5.25. The number of halogens is 1. The summed E-state index contributed by atoms with van der Waals surface area (Å²) in [7, 11) is 0. The third-order valence-corrected chi connectivity index (χ3v) is 3.01. The molecule has 2 aromatic carbocycles. The van der Waals surface area contributed by atoms with Crippen LogP contribution in [0.2, 0.25) is 0 Å². The summed E-state index contributed by atoms with van der Waals surface area (Å²) in [6.07, 6.45) is 1.74. The minimum absolute atomic E-state index is 0.239. The van der Waals surface area contributed by atoms with E-state index in [1.807, 2.05) is 37.3 Å². The molecule has 1 N–H and O–H groups in total. The van der Waals surface area contributed by atoms with Crippen LogP contribution in [0, 0.1) is 12.7 Å². The highest BCUT2D eigenvalue weighted by Gasteiger charge is 2.01. The largest absolute Gasteiger partial charge is 0.379 e. The molecular weight excluding hydrogens is 253 g/mol. The van der Waals surface area contributed by atoms with Crippen molar-refractivity contribution >= 4 is 16.7 Å². The van der Waals surface area contributed by atoms with Crippen LogP contribution < -0.4 is 5.32 Å². The van der Waals surface area contributed by atoms with Gasteiger partial charge in [0.25, 0.3) is 0 Å². The van der Waals surface area contributed by atoms with E-state index >= 15 is 0 Å². The van der Waals surface area contributed by atoms with Crippen LogP contribution in [0.4, 0.5) is 10.1 Å². The lowest BCUT2D eigenvalue weighted by atomic mass is 10.2. The maximum Gasteiger partial charge on any atom is 0.125 e. The Balaban J connectivity index is 1.79. The van der Waals surface area contributed by atoms with Crippen LogP contribution in [0.5, 0.6) is 0 Å². The molecule has 0 amide bonds. The van der Waals surface area contributed by atoms with Crippen LogP contribution in [-0.2, 0) is 6.54 Å². The number of para-hydroxylation sites is 2. The van der Waals surface area contributed by atoms with E-state index in [1.165, 1.54) is 12.1 Å². The normalized spacial score (nSPS) is 10.7. The standard InChI is InChI=1S/C16H14FN3/c1-11-6-12(17)8-13(7-11)18-9-14-10-19-15-4-2-3-5-16(15)20-14/h2-8,10,18H,9H2,1H3. The Labute approximate surface area is 116 Å². The average molecular weight is 267 g/mol. The van der Waals surface area contributed by atoms with E-state index in [9.17, 15) is 4.39 Å². The van der Waals surface area contributed by atoms with Gasteiger partial charge >= 0.3 is 0 Å². The van der Waals surface area contributed by atoms with Gasteiger partial charge in [-0.05, 0) is 42.8 Å². The number of fused-ring (bicyclic) bond motifs is 1. The highest BCUT2D eigenvalue weighted by Crippen LogP contribution is 2.15. The van der Waals surface area contributed by atoms with Crippen LogP contribution in [0.1, 0.15) is 11.3 Å². The predicted molar refractivity (Wildman–Crippen MR) is 78.0 cm³/mol. The van der Waals surface area contributed by atoms with E-state index in [2.05, 4.69) is 15.3 Å². The predicted octanol–water partition coefficient (Wildman–Crippen LogP) is 3.69. The molecule has 0 fully saturated rings. The molecule has 4 heteroatoms. The molecule has 1 aromatic heterocycles. The molecule has 0 bridgehead atoms. The van der Waals surface area contributed by atoms with Gasteiger partial charge in [0.05, 0.1) is 29.5 Å². The molecule has 0 aliphatic heterocycles. The topological polar surface area (TPSA) is 37.8 Å². The SMILES string of the molecule is Cc1cc(F)cc(NCc2cnc3ccccc3n2)c1. The molecule has 3 aromatic rings. The quantitative estimate of drug-likeness (QED) is 0.786. The maximum atomic E-state index is 13.3. The van der Waals surface area contributed by atoms with Gasteiger partial charge in [-0.3, -0.25) is 4.98 Å². The fourth-order valence-electron chi connectivity index (χ4n) is 2.11. The van der Waals surface area contributed by atoms with Gasteiger partial charge in [0, 0.05) is 5.69 Å². The fraction of sp³-hybridized carbons (Fsp3) is 0.125. The number of aryl methyl sites for hydroxylation is 1. The van der Waals surface area contributed by atoms with Gasteiger partial charge in [0.15, 0.2) is 0 Å². The van der Waals surface area contributed by atoms with Crippen molar-refractivity contribution in [2.45, 2.75) is 13.5 Å². The number of anilines is 1. The first-order chi connectivity index (χ1) is 9.70. The summed E-state index contributed by atoms with van der Waals surface area (Å²) >= 11 is 0. The van der Waals surface area contributed by atoms with Crippen molar-refractivity contribution in [3.8, 4) is 0 Å². The highest BCUT2D eigenvalue weighted by atomic mass is 19.1. The van der Waals surface area contributed by atoms with E-state index in [-0.39, 0.29) is 5.82 Å². The molecule has 0 saturated heterocycles. The van der Waals surface area contributed by atoms with Gasteiger partial charge in [0.1, 0.15) is 5.82 Å². The number of benzene rings is 2. The summed E-state index contributed by atoms with van der Waals surface area (Å²) in [5.41, 5.74) is 4.19. The van der Waals surface area contributed by atoms with Crippen molar-refractivity contribution in [2.24, 2.45) is 0 Å².